The zero-order chi connectivity index (χ0) is 33.9. The third-order valence-corrected chi connectivity index (χ3v) is 12.4. The quantitative estimate of drug-likeness (QED) is 0.224. The van der Waals surface area contributed by atoms with Crippen LogP contribution in [0.1, 0.15) is 25.7 Å². The number of sulfonamides is 1. The Morgan fingerprint density at radius 2 is 1.81 bits per heavy atom. The number of pyridine rings is 2. The van der Waals surface area contributed by atoms with Crippen LogP contribution in [0.15, 0.2) is 89.0 Å². The molecule has 2 aromatic heterocycles. The molecule has 0 radical (unpaired) electrons. The molecule has 2 aliphatic rings. The van der Waals surface area contributed by atoms with Crippen molar-refractivity contribution in [2.24, 2.45) is 0 Å². The van der Waals surface area contributed by atoms with Gasteiger partial charge in [0.25, 0.3) is 0 Å². The number of aliphatic hydroxyl groups excluding tert-OH is 2. The molecule has 0 saturated carbocycles. The second-order valence-corrected chi connectivity index (χ2v) is 16.1. The van der Waals surface area contributed by atoms with E-state index < -0.39 is 56.0 Å². The van der Waals surface area contributed by atoms with Crippen molar-refractivity contribution >= 4 is 36.5 Å². The molecule has 0 aliphatic carbocycles. The summed E-state index contributed by atoms with van der Waals surface area (Å²) in [6.07, 6.45) is 5.76. The fraction of sp³-hybridized carbons (Fsp3) is 0.394. The summed E-state index contributed by atoms with van der Waals surface area (Å²) in [6.45, 7) is -0.215. The predicted molar refractivity (Wildman–Crippen MR) is 175 cm³/mol. The number of hydrogen-bond donors (Lipinski definition) is 2. The molecule has 0 unspecified atom stereocenters. The molecule has 1 spiro atoms. The standard InChI is InChI=1S/C33H37FN4O8S2/c34-25-18-28(20-30(19-25)47(41,42)16-15-39)45-23-27(40)22-38(26-4-2-11-35-21-26)32-7-8-33(46-32)9-13-37(14-10-33)48(43,44)29-5-6-31-24(17-29)3-1-12-36-31/h1-6,11-12,17-21,27,32,39-40H,7-10,13-16,22-23H2/t27-,32+/m0/s1. The van der Waals surface area contributed by atoms with Crippen molar-refractivity contribution in [3.05, 3.63) is 85.1 Å². The van der Waals surface area contributed by atoms with Gasteiger partial charge >= 0.3 is 0 Å². The van der Waals surface area contributed by atoms with Gasteiger partial charge in [-0.15, -0.1) is 0 Å². The molecule has 2 atom stereocenters. The maximum atomic E-state index is 14.2. The van der Waals surface area contributed by atoms with Gasteiger partial charge in [0.05, 0.1) is 45.2 Å². The van der Waals surface area contributed by atoms with E-state index in [1.54, 1.807) is 48.9 Å². The number of nitrogens with zero attached hydrogens (tertiary/aromatic N) is 4. The van der Waals surface area contributed by atoms with Gasteiger partial charge in [-0.1, -0.05) is 6.07 Å². The van der Waals surface area contributed by atoms with Gasteiger partial charge in [-0.05, 0) is 74.2 Å². The highest BCUT2D eigenvalue weighted by atomic mass is 32.2. The molecule has 0 bridgehead atoms. The lowest BCUT2D eigenvalue weighted by molar-refractivity contribution is -0.0704. The minimum absolute atomic E-state index is 0.0642. The highest BCUT2D eigenvalue weighted by molar-refractivity contribution is 7.91. The Hall–Kier alpha value is -3.73. The van der Waals surface area contributed by atoms with Gasteiger partial charge in [-0.2, -0.15) is 4.31 Å². The van der Waals surface area contributed by atoms with Crippen molar-refractivity contribution in [1.82, 2.24) is 14.3 Å². The average Bonchev–Trinajstić information content (AvgIpc) is 3.49. The normalized spacial score (nSPS) is 19.0. The van der Waals surface area contributed by atoms with E-state index in [2.05, 4.69) is 9.97 Å². The van der Waals surface area contributed by atoms with Crippen LogP contribution in [-0.2, 0) is 24.6 Å². The molecule has 4 aromatic rings. The minimum Gasteiger partial charge on any atom is -0.491 e. The molecule has 6 rings (SSSR count). The first-order valence-corrected chi connectivity index (χ1v) is 18.7. The average molecular weight is 701 g/mol. The number of aromatic nitrogens is 2. The van der Waals surface area contributed by atoms with Crippen molar-refractivity contribution in [2.45, 2.75) is 53.4 Å². The molecule has 2 saturated heterocycles. The number of benzene rings is 2. The first-order chi connectivity index (χ1) is 23.0. The minimum atomic E-state index is -3.91. The smallest absolute Gasteiger partial charge is 0.243 e. The molecule has 0 amide bonds. The van der Waals surface area contributed by atoms with Gasteiger partial charge in [0, 0.05) is 43.5 Å². The molecule has 48 heavy (non-hydrogen) atoms. The second kappa shape index (κ2) is 14.0. The Morgan fingerprint density at radius 1 is 1.02 bits per heavy atom. The van der Waals surface area contributed by atoms with E-state index in [1.165, 1.54) is 4.31 Å². The Bertz CT molecular complexity index is 1960. The van der Waals surface area contributed by atoms with Crippen LogP contribution in [-0.4, -0.2) is 97.9 Å². The number of rotatable bonds is 12. The maximum Gasteiger partial charge on any atom is 0.243 e. The van der Waals surface area contributed by atoms with Crippen molar-refractivity contribution in [3.8, 4) is 5.75 Å². The molecular formula is C33H37FN4O8S2. The van der Waals surface area contributed by atoms with E-state index >= 15 is 0 Å². The van der Waals surface area contributed by atoms with E-state index in [0.717, 1.165) is 29.1 Å². The van der Waals surface area contributed by atoms with Crippen molar-refractivity contribution < 1.29 is 40.9 Å². The Morgan fingerprint density at radius 3 is 2.56 bits per heavy atom. The monoisotopic (exact) mass is 700 g/mol. The summed E-state index contributed by atoms with van der Waals surface area (Å²) in [7, 11) is -7.63. The van der Waals surface area contributed by atoms with Crippen LogP contribution in [0.4, 0.5) is 10.1 Å². The number of hydrogen-bond acceptors (Lipinski definition) is 11. The summed E-state index contributed by atoms with van der Waals surface area (Å²) in [5.41, 5.74) is 0.888. The van der Waals surface area contributed by atoms with Crippen LogP contribution in [0.25, 0.3) is 10.9 Å². The van der Waals surface area contributed by atoms with Crippen molar-refractivity contribution in [3.63, 3.8) is 0 Å². The molecule has 2 fully saturated rings. The molecule has 2 aromatic carbocycles. The van der Waals surface area contributed by atoms with E-state index in [-0.39, 0.29) is 28.7 Å². The lowest BCUT2D eigenvalue weighted by Gasteiger charge is -2.40. The Labute approximate surface area is 278 Å². The van der Waals surface area contributed by atoms with Crippen molar-refractivity contribution in [1.29, 1.82) is 0 Å². The number of anilines is 1. The van der Waals surface area contributed by atoms with Crippen LogP contribution in [0, 0.1) is 5.82 Å². The van der Waals surface area contributed by atoms with Gasteiger partial charge in [0.15, 0.2) is 9.84 Å². The summed E-state index contributed by atoms with van der Waals surface area (Å²) in [4.78, 5) is 10.3. The van der Waals surface area contributed by atoms with Gasteiger partial charge < -0.3 is 24.6 Å². The molecule has 15 heteroatoms. The predicted octanol–water partition coefficient (Wildman–Crippen LogP) is 3.14. The molecule has 256 valence electrons. The topological polar surface area (TPSA) is 159 Å². The molecular weight excluding hydrogens is 664 g/mol. The molecule has 12 nitrogen and oxygen atoms in total. The summed E-state index contributed by atoms with van der Waals surface area (Å²) in [5, 5.41) is 20.8. The highest BCUT2D eigenvalue weighted by Gasteiger charge is 2.46. The number of ether oxygens (including phenoxy) is 2. The summed E-state index contributed by atoms with van der Waals surface area (Å²) >= 11 is 0. The lowest BCUT2D eigenvalue weighted by Crippen LogP contribution is -2.48. The van der Waals surface area contributed by atoms with Crippen LogP contribution >= 0.6 is 0 Å². The Balaban J connectivity index is 1.11. The zero-order valence-corrected chi connectivity index (χ0v) is 27.7. The van der Waals surface area contributed by atoms with Crippen LogP contribution < -0.4 is 9.64 Å². The van der Waals surface area contributed by atoms with Gasteiger partial charge in [0.1, 0.15) is 30.5 Å². The fourth-order valence-corrected chi connectivity index (χ4v) is 8.84. The van der Waals surface area contributed by atoms with E-state index in [0.29, 0.717) is 44.5 Å². The highest BCUT2D eigenvalue weighted by Crippen LogP contribution is 2.42. The van der Waals surface area contributed by atoms with Gasteiger partial charge in [0.2, 0.25) is 10.0 Å². The number of sulfone groups is 1. The molecule has 2 aliphatic heterocycles. The number of halogens is 1. The fourth-order valence-electron chi connectivity index (χ4n) is 6.30. The van der Waals surface area contributed by atoms with Gasteiger partial charge in [-0.3, -0.25) is 9.97 Å². The largest absolute Gasteiger partial charge is 0.491 e. The first-order valence-electron chi connectivity index (χ1n) is 15.6. The van der Waals surface area contributed by atoms with E-state index in [4.69, 9.17) is 14.6 Å². The van der Waals surface area contributed by atoms with E-state index in [9.17, 15) is 26.3 Å². The Kier molecular flexibility index (Phi) is 9.97. The van der Waals surface area contributed by atoms with Crippen molar-refractivity contribution in [2.75, 3.05) is 43.5 Å². The lowest BCUT2D eigenvalue weighted by atomic mass is 9.89. The van der Waals surface area contributed by atoms with Crippen LogP contribution in [0.3, 0.4) is 0 Å². The summed E-state index contributed by atoms with van der Waals surface area (Å²) < 4.78 is 79.8. The van der Waals surface area contributed by atoms with Crippen LogP contribution in [0.5, 0.6) is 5.75 Å². The van der Waals surface area contributed by atoms with Gasteiger partial charge in [-0.25, -0.2) is 21.2 Å². The molecule has 2 N–H and O–H groups in total. The SMILES string of the molecule is O=S(=O)(CCO)c1cc(F)cc(OC[C@@H](O)CN(c2cccnc2)[C@H]2CCC3(CCN(S(=O)(=O)c4ccc5ncccc5c4)CC3)O2)c1. The third kappa shape index (κ3) is 7.46. The number of fused-ring (bicyclic) bond motifs is 1. The maximum absolute atomic E-state index is 14.2. The summed E-state index contributed by atoms with van der Waals surface area (Å²) in [5.74, 6) is -1.46. The van der Waals surface area contributed by atoms with E-state index in [1.807, 2.05) is 17.0 Å². The first kappa shape index (κ1) is 34.1. The number of aliphatic hydroxyl groups is 2. The third-order valence-electron chi connectivity index (χ3n) is 8.82. The zero-order valence-electron chi connectivity index (χ0n) is 26.1. The van der Waals surface area contributed by atoms with Crippen LogP contribution in [0.2, 0.25) is 0 Å². The molecule has 4 heterocycles. The number of piperidine rings is 1. The second-order valence-electron chi connectivity index (χ2n) is 12.0. The summed E-state index contributed by atoms with van der Waals surface area (Å²) in [6, 6.07) is 15.2.